The van der Waals surface area contributed by atoms with Crippen LogP contribution in [0.1, 0.15) is 12.0 Å². The van der Waals surface area contributed by atoms with Crippen molar-refractivity contribution >= 4 is 0 Å². The smallest absolute Gasteiger partial charge is 0.165 e. The van der Waals surface area contributed by atoms with Gasteiger partial charge in [-0.1, -0.05) is 6.07 Å². The van der Waals surface area contributed by atoms with Crippen LogP contribution in [0.25, 0.3) is 0 Å². The van der Waals surface area contributed by atoms with Gasteiger partial charge >= 0.3 is 0 Å². The van der Waals surface area contributed by atoms with Gasteiger partial charge in [-0.15, -0.1) is 0 Å². The van der Waals surface area contributed by atoms with E-state index in [2.05, 4.69) is 15.1 Å². The largest absolute Gasteiger partial charge is 0.494 e. The Hall–Kier alpha value is -1.17. The van der Waals surface area contributed by atoms with E-state index in [1.807, 2.05) is 6.07 Å². The summed E-state index contributed by atoms with van der Waals surface area (Å²) in [6.07, 6.45) is 1.22. The van der Waals surface area contributed by atoms with Crippen LogP contribution in [0.4, 0.5) is 4.39 Å². The molecule has 0 radical (unpaired) electrons. The molecule has 1 N–H and O–H groups in total. The number of ether oxygens (including phenoxy) is 1. The Kier molecular flexibility index (Phi) is 4.73. The van der Waals surface area contributed by atoms with Crippen LogP contribution in [0.2, 0.25) is 0 Å². The highest BCUT2D eigenvalue weighted by molar-refractivity contribution is 5.29. The van der Waals surface area contributed by atoms with E-state index in [9.17, 15) is 4.39 Å². The summed E-state index contributed by atoms with van der Waals surface area (Å²) in [5, 5.41) is 3.40. The molecule has 0 aromatic heterocycles. The van der Waals surface area contributed by atoms with Crippen LogP contribution in [0.3, 0.4) is 0 Å². The first-order valence-electron chi connectivity index (χ1n) is 7.76. The number of rotatable bonds is 4. The average molecular weight is 293 g/mol. The molecule has 5 heteroatoms. The maximum atomic E-state index is 13.7. The van der Waals surface area contributed by atoms with Crippen molar-refractivity contribution < 1.29 is 9.13 Å². The van der Waals surface area contributed by atoms with E-state index in [0.717, 1.165) is 51.4 Å². The number of likely N-dealkylation sites (tertiary alicyclic amines) is 1. The highest BCUT2D eigenvalue weighted by atomic mass is 19.1. The second kappa shape index (κ2) is 6.73. The molecule has 1 aromatic carbocycles. The third-order valence-electron chi connectivity index (χ3n) is 4.54. The van der Waals surface area contributed by atoms with Crippen LogP contribution in [-0.4, -0.2) is 62.2 Å². The first-order valence-corrected chi connectivity index (χ1v) is 7.76. The molecule has 1 aromatic rings. The fraction of sp³-hybridized carbons (Fsp3) is 0.625. The molecule has 0 bridgehead atoms. The summed E-state index contributed by atoms with van der Waals surface area (Å²) in [7, 11) is 1.50. The van der Waals surface area contributed by atoms with Crippen LogP contribution in [-0.2, 0) is 6.54 Å². The van der Waals surface area contributed by atoms with Crippen molar-refractivity contribution in [3.63, 3.8) is 0 Å². The van der Waals surface area contributed by atoms with E-state index in [1.54, 1.807) is 12.1 Å². The van der Waals surface area contributed by atoms with E-state index >= 15 is 0 Å². The molecule has 21 heavy (non-hydrogen) atoms. The second-order valence-corrected chi connectivity index (χ2v) is 5.93. The lowest BCUT2D eigenvalue weighted by Gasteiger charge is -2.32. The van der Waals surface area contributed by atoms with Crippen LogP contribution >= 0.6 is 0 Å². The first-order chi connectivity index (χ1) is 10.3. The predicted molar refractivity (Wildman–Crippen MR) is 81.1 cm³/mol. The van der Waals surface area contributed by atoms with E-state index in [-0.39, 0.29) is 5.82 Å². The Bertz CT molecular complexity index is 477. The Morgan fingerprint density at radius 1 is 1.29 bits per heavy atom. The Labute approximate surface area is 125 Å². The minimum absolute atomic E-state index is 0.271. The lowest BCUT2D eigenvalue weighted by Crippen LogP contribution is -2.49. The Morgan fingerprint density at radius 2 is 2.10 bits per heavy atom. The summed E-state index contributed by atoms with van der Waals surface area (Å²) in [5.41, 5.74) is 1.02. The summed E-state index contributed by atoms with van der Waals surface area (Å²) in [6, 6.07) is 5.93. The van der Waals surface area contributed by atoms with Crippen molar-refractivity contribution in [2.24, 2.45) is 0 Å². The molecule has 3 rings (SSSR count). The van der Waals surface area contributed by atoms with E-state index in [4.69, 9.17) is 4.74 Å². The van der Waals surface area contributed by atoms with Crippen LogP contribution in [0.15, 0.2) is 18.2 Å². The standard InChI is InChI=1S/C16H24FN3O/c1-21-16-3-2-13(10-15(16)17)11-19-7-4-14(12-19)20-8-5-18-6-9-20/h2-3,10,14,18H,4-9,11-12H2,1H3. The van der Waals surface area contributed by atoms with Crippen molar-refractivity contribution in [3.05, 3.63) is 29.6 Å². The predicted octanol–water partition coefficient (Wildman–Crippen LogP) is 1.31. The zero-order valence-corrected chi connectivity index (χ0v) is 12.6. The summed E-state index contributed by atoms with van der Waals surface area (Å²) < 4.78 is 18.7. The number of methoxy groups -OCH3 is 1. The topological polar surface area (TPSA) is 27.7 Å². The third kappa shape index (κ3) is 3.54. The number of benzene rings is 1. The number of halogens is 1. The van der Waals surface area contributed by atoms with Gasteiger partial charge in [-0.3, -0.25) is 9.80 Å². The minimum Gasteiger partial charge on any atom is -0.494 e. The van der Waals surface area contributed by atoms with Gasteiger partial charge in [0.05, 0.1) is 7.11 Å². The summed E-state index contributed by atoms with van der Waals surface area (Å²) >= 11 is 0. The highest BCUT2D eigenvalue weighted by Gasteiger charge is 2.28. The van der Waals surface area contributed by atoms with Crippen molar-refractivity contribution in [1.82, 2.24) is 15.1 Å². The fourth-order valence-electron chi connectivity index (χ4n) is 3.37. The number of hydrogen-bond donors (Lipinski definition) is 1. The van der Waals surface area contributed by atoms with Crippen molar-refractivity contribution in [3.8, 4) is 5.75 Å². The molecule has 2 heterocycles. The zero-order valence-electron chi connectivity index (χ0n) is 12.6. The van der Waals surface area contributed by atoms with E-state index in [1.165, 1.54) is 13.5 Å². The SMILES string of the molecule is COc1ccc(CN2CCC(N3CCNCC3)C2)cc1F. The molecular formula is C16H24FN3O. The Balaban J connectivity index is 1.55. The maximum Gasteiger partial charge on any atom is 0.165 e. The first kappa shape index (κ1) is 14.8. The molecule has 1 atom stereocenters. The average Bonchev–Trinajstić information content (AvgIpc) is 2.97. The maximum absolute atomic E-state index is 13.7. The quantitative estimate of drug-likeness (QED) is 0.906. The minimum atomic E-state index is -0.271. The van der Waals surface area contributed by atoms with Crippen molar-refractivity contribution in [2.75, 3.05) is 46.4 Å². The molecule has 2 fully saturated rings. The van der Waals surface area contributed by atoms with Crippen LogP contribution < -0.4 is 10.1 Å². The second-order valence-electron chi connectivity index (χ2n) is 5.93. The third-order valence-corrected chi connectivity index (χ3v) is 4.54. The van der Waals surface area contributed by atoms with Gasteiger partial charge in [0.1, 0.15) is 0 Å². The molecule has 4 nitrogen and oxygen atoms in total. The monoisotopic (exact) mass is 293 g/mol. The zero-order chi connectivity index (χ0) is 14.7. The highest BCUT2D eigenvalue weighted by Crippen LogP contribution is 2.22. The van der Waals surface area contributed by atoms with E-state index in [0.29, 0.717) is 11.8 Å². The molecule has 1 unspecified atom stereocenters. The van der Waals surface area contributed by atoms with Gasteiger partial charge in [0.25, 0.3) is 0 Å². The molecule has 2 aliphatic heterocycles. The van der Waals surface area contributed by atoms with Gasteiger partial charge < -0.3 is 10.1 Å². The lowest BCUT2D eigenvalue weighted by atomic mass is 10.2. The van der Waals surface area contributed by atoms with Gasteiger partial charge in [-0.2, -0.15) is 0 Å². The summed E-state index contributed by atoms with van der Waals surface area (Å²) in [4.78, 5) is 5.01. The normalized spacial score (nSPS) is 24.4. The van der Waals surface area contributed by atoms with Crippen LogP contribution in [0, 0.1) is 5.82 Å². The van der Waals surface area contributed by atoms with Gasteiger partial charge in [-0.05, 0) is 24.1 Å². The van der Waals surface area contributed by atoms with Crippen LogP contribution in [0.5, 0.6) is 5.75 Å². The molecule has 0 aliphatic carbocycles. The number of nitrogens with one attached hydrogen (secondary N) is 1. The lowest BCUT2D eigenvalue weighted by molar-refractivity contribution is 0.170. The number of nitrogens with zero attached hydrogens (tertiary/aromatic N) is 2. The van der Waals surface area contributed by atoms with Crippen molar-refractivity contribution in [2.45, 2.75) is 19.0 Å². The molecule has 116 valence electrons. The van der Waals surface area contributed by atoms with Gasteiger partial charge in [0, 0.05) is 51.9 Å². The molecule has 0 amide bonds. The molecule has 0 saturated carbocycles. The van der Waals surface area contributed by atoms with Gasteiger partial charge in [0.2, 0.25) is 0 Å². The number of piperazine rings is 1. The fourth-order valence-corrected chi connectivity index (χ4v) is 3.37. The van der Waals surface area contributed by atoms with Crippen molar-refractivity contribution in [1.29, 1.82) is 0 Å². The Morgan fingerprint density at radius 3 is 2.81 bits per heavy atom. The molecule has 0 spiro atoms. The number of hydrogen-bond acceptors (Lipinski definition) is 4. The van der Waals surface area contributed by atoms with Gasteiger partial charge in [0.15, 0.2) is 11.6 Å². The summed E-state index contributed by atoms with van der Waals surface area (Å²) in [5.74, 6) is 0.0479. The van der Waals surface area contributed by atoms with E-state index < -0.39 is 0 Å². The molecule has 2 saturated heterocycles. The van der Waals surface area contributed by atoms with Gasteiger partial charge in [-0.25, -0.2) is 4.39 Å². The molecule has 2 aliphatic rings. The molecular weight excluding hydrogens is 269 g/mol. The summed E-state index contributed by atoms with van der Waals surface area (Å²) in [6.45, 7) is 7.51.